The highest BCUT2D eigenvalue weighted by Gasteiger charge is 2.72. The summed E-state index contributed by atoms with van der Waals surface area (Å²) in [6, 6.07) is 0. The van der Waals surface area contributed by atoms with Crippen molar-refractivity contribution in [3.63, 3.8) is 0 Å². The normalized spacial score (nSPS) is 40.7. The van der Waals surface area contributed by atoms with Crippen molar-refractivity contribution in [2.45, 2.75) is 63.9 Å². The third-order valence-corrected chi connectivity index (χ3v) is 7.46. The summed E-state index contributed by atoms with van der Waals surface area (Å²) >= 11 is 0. The lowest BCUT2D eigenvalue weighted by Crippen LogP contribution is -2.63. The maximum atomic E-state index is 12.5. The fourth-order valence-electron chi connectivity index (χ4n) is 5.76. The van der Waals surface area contributed by atoms with Gasteiger partial charge in [0.25, 0.3) is 0 Å². The molecule has 7 unspecified atom stereocenters. The van der Waals surface area contributed by atoms with Crippen molar-refractivity contribution in [1.29, 1.82) is 0 Å². The van der Waals surface area contributed by atoms with Gasteiger partial charge in [0.15, 0.2) is 0 Å². The molecule has 4 fully saturated rings. The summed E-state index contributed by atoms with van der Waals surface area (Å²) in [5.41, 5.74) is -0.849. The van der Waals surface area contributed by atoms with E-state index in [2.05, 4.69) is 13.2 Å². The number of esters is 3. The van der Waals surface area contributed by atoms with Gasteiger partial charge in [0.2, 0.25) is 0 Å². The monoisotopic (exact) mass is 434 g/mol. The third kappa shape index (κ3) is 3.40. The average Bonchev–Trinajstić information content (AvgIpc) is 3.41. The predicted molar refractivity (Wildman–Crippen MR) is 107 cm³/mol. The van der Waals surface area contributed by atoms with Crippen molar-refractivity contribution in [2.75, 3.05) is 13.2 Å². The zero-order chi connectivity index (χ0) is 22.7. The van der Waals surface area contributed by atoms with E-state index in [0.717, 1.165) is 0 Å². The van der Waals surface area contributed by atoms with E-state index in [1.165, 1.54) is 0 Å². The van der Waals surface area contributed by atoms with Crippen molar-refractivity contribution in [2.24, 2.45) is 23.2 Å². The Labute approximate surface area is 181 Å². The number of ether oxygens (including phenoxy) is 4. The average molecular weight is 434 g/mol. The molecule has 0 aromatic heterocycles. The zero-order valence-corrected chi connectivity index (χ0v) is 18.2. The molecule has 2 aliphatic carbocycles. The first-order chi connectivity index (χ1) is 14.5. The van der Waals surface area contributed by atoms with E-state index in [1.807, 2.05) is 6.92 Å². The molecule has 1 N–H and O–H groups in total. The first kappa shape index (κ1) is 22.0. The maximum Gasteiger partial charge on any atom is 0.336 e. The van der Waals surface area contributed by atoms with Crippen LogP contribution in [0.25, 0.3) is 0 Å². The van der Waals surface area contributed by atoms with Crippen molar-refractivity contribution < 1.29 is 38.4 Å². The highest BCUT2D eigenvalue weighted by atomic mass is 16.6. The number of fused-ring (bicyclic) bond motifs is 4. The quantitative estimate of drug-likeness (QED) is 0.301. The summed E-state index contributed by atoms with van der Waals surface area (Å²) in [5.74, 6) is -2.55. The van der Waals surface area contributed by atoms with E-state index in [1.54, 1.807) is 13.8 Å². The summed E-state index contributed by atoms with van der Waals surface area (Å²) in [5, 5.41) is 9.25. The molecular formula is C23H30O8. The molecular weight excluding hydrogens is 404 g/mol. The van der Waals surface area contributed by atoms with Gasteiger partial charge in [0.1, 0.15) is 18.3 Å². The Kier molecular flexibility index (Phi) is 5.29. The van der Waals surface area contributed by atoms with Crippen LogP contribution in [0.4, 0.5) is 0 Å². The maximum absolute atomic E-state index is 12.5. The lowest BCUT2D eigenvalue weighted by molar-refractivity contribution is -0.210. The number of hydrogen-bond acceptors (Lipinski definition) is 8. The van der Waals surface area contributed by atoms with Gasteiger partial charge in [-0.25, -0.2) is 9.59 Å². The molecule has 0 amide bonds. The number of epoxide rings is 1. The van der Waals surface area contributed by atoms with E-state index in [-0.39, 0.29) is 23.4 Å². The largest absolute Gasteiger partial charge is 0.461 e. The summed E-state index contributed by atoms with van der Waals surface area (Å²) in [6.07, 6.45) is -0.154. The van der Waals surface area contributed by atoms with E-state index in [4.69, 9.17) is 18.9 Å². The van der Waals surface area contributed by atoms with Crippen LogP contribution in [0.2, 0.25) is 0 Å². The minimum absolute atomic E-state index is 0.0275. The number of rotatable bonds is 5. The topological polar surface area (TPSA) is 112 Å². The molecule has 0 aromatic carbocycles. The summed E-state index contributed by atoms with van der Waals surface area (Å²) in [4.78, 5) is 37.3. The number of carbonyl (C=O) groups is 3. The molecule has 2 aliphatic heterocycles. The zero-order valence-electron chi connectivity index (χ0n) is 18.2. The Morgan fingerprint density at radius 2 is 2.00 bits per heavy atom. The Morgan fingerprint density at radius 3 is 2.58 bits per heavy atom. The van der Waals surface area contributed by atoms with Gasteiger partial charge in [-0.3, -0.25) is 4.79 Å². The van der Waals surface area contributed by atoms with Gasteiger partial charge in [-0.05, 0) is 19.3 Å². The molecule has 4 aliphatic rings. The lowest BCUT2D eigenvalue weighted by atomic mass is 9.51. The molecule has 0 bridgehead atoms. The molecule has 0 aromatic rings. The summed E-state index contributed by atoms with van der Waals surface area (Å²) in [6.45, 7) is 13.0. The van der Waals surface area contributed by atoms with Crippen LogP contribution in [0.3, 0.4) is 0 Å². The second kappa shape index (κ2) is 7.45. The van der Waals surface area contributed by atoms with Gasteiger partial charge < -0.3 is 24.1 Å². The summed E-state index contributed by atoms with van der Waals surface area (Å²) < 4.78 is 23.3. The molecule has 2 saturated heterocycles. The smallest absolute Gasteiger partial charge is 0.336 e. The first-order valence-electron chi connectivity index (χ1n) is 10.8. The van der Waals surface area contributed by atoms with Crippen molar-refractivity contribution >= 4 is 17.9 Å². The number of carbonyl (C=O) groups excluding carboxylic acids is 3. The van der Waals surface area contributed by atoms with Crippen molar-refractivity contribution in [3.8, 4) is 0 Å². The number of hydrogen-bond donors (Lipinski definition) is 1. The Morgan fingerprint density at radius 1 is 1.32 bits per heavy atom. The third-order valence-electron chi connectivity index (χ3n) is 7.46. The molecule has 7 atom stereocenters. The second-order valence-corrected chi connectivity index (χ2v) is 9.79. The molecule has 170 valence electrons. The van der Waals surface area contributed by atoms with Gasteiger partial charge in [-0.1, -0.05) is 33.9 Å². The van der Waals surface area contributed by atoms with Crippen LogP contribution in [-0.4, -0.2) is 60.1 Å². The van der Waals surface area contributed by atoms with Gasteiger partial charge in [-0.2, -0.15) is 0 Å². The highest BCUT2D eigenvalue weighted by Crippen LogP contribution is 2.64. The molecule has 2 heterocycles. The van der Waals surface area contributed by atoms with Crippen molar-refractivity contribution in [1.82, 2.24) is 0 Å². The van der Waals surface area contributed by atoms with E-state index in [9.17, 15) is 19.5 Å². The molecule has 4 rings (SSSR count). The van der Waals surface area contributed by atoms with Crippen LogP contribution in [0.1, 0.15) is 40.0 Å². The minimum atomic E-state index is -0.672. The van der Waals surface area contributed by atoms with Gasteiger partial charge in [-0.15, -0.1) is 0 Å². The van der Waals surface area contributed by atoms with Crippen LogP contribution in [0.15, 0.2) is 24.3 Å². The predicted octanol–water partition coefficient (Wildman–Crippen LogP) is 1.70. The van der Waals surface area contributed by atoms with Crippen LogP contribution < -0.4 is 0 Å². The van der Waals surface area contributed by atoms with Gasteiger partial charge in [0.05, 0.1) is 36.2 Å². The van der Waals surface area contributed by atoms with E-state index >= 15 is 0 Å². The van der Waals surface area contributed by atoms with Crippen LogP contribution >= 0.6 is 0 Å². The number of aliphatic hydroxyl groups excluding tert-OH is 1. The second-order valence-electron chi connectivity index (χ2n) is 9.79. The number of aliphatic hydroxyl groups is 1. The molecule has 0 radical (unpaired) electrons. The Balaban J connectivity index is 1.71. The van der Waals surface area contributed by atoms with E-state index < -0.39 is 53.8 Å². The Hall–Kier alpha value is -2.19. The van der Waals surface area contributed by atoms with Crippen LogP contribution in [0.5, 0.6) is 0 Å². The van der Waals surface area contributed by atoms with E-state index in [0.29, 0.717) is 31.4 Å². The molecule has 31 heavy (non-hydrogen) atoms. The van der Waals surface area contributed by atoms with Crippen molar-refractivity contribution in [3.05, 3.63) is 24.3 Å². The Bertz CT molecular complexity index is 841. The SMILES string of the molecule is C=C(CO)C(=O)OC1CCC2(CO2)C2C3OC(=O)C(=C)C3C(OC(=O)C(C)C)CC12C. The molecule has 1 spiro atoms. The standard InChI is InChI=1S/C23H30O8/c1-11(2)19(25)29-14-8-22(5)15(30-20(26)12(3)9-24)6-7-23(10-28-23)18(22)17-16(14)13(4)21(27)31-17/h11,14-18,24H,3-4,6-10H2,1-2,5H3. The fraction of sp³-hybridized carbons (Fsp3) is 0.696. The highest BCUT2D eigenvalue weighted by molar-refractivity contribution is 5.91. The molecule has 2 saturated carbocycles. The molecule has 8 heteroatoms. The van der Waals surface area contributed by atoms with Crippen LogP contribution in [-0.2, 0) is 33.3 Å². The fourth-order valence-corrected chi connectivity index (χ4v) is 5.76. The first-order valence-corrected chi connectivity index (χ1v) is 10.8. The van der Waals surface area contributed by atoms with Gasteiger partial charge >= 0.3 is 17.9 Å². The van der Waals surface area contributed by atoms with Gasteiger partial charge in [0, 0.05) is 16.9 Å². The summed E-state index contributed by atoms with van der Waals surface area (Å²) in [7, 11) is 0. The molecule has 8 nitrogen and oxygen atoms in total. The van der Waals surface area contributed by atoms with Crippen LogP contribution in [0, 0.1) is 23.2 Å². The lowest BCUT2D eigenvalue weighted by Gasteiger charge is -2.56. The minimum Gasteiger partial charge on any atom is -0.461 e.